The molecule has 2 N–H and O–H groups in total. The number of anilines is 1. The largest absolute Gasteiger partial charge is 0.356 e. The van der Waals surface area contributed by atoms with Crippen LogP contribution in [-0.2, 0) is 11.3 Å². The van der Waals surface area contributed by atoms with Crippen molar-refractivity contribution in [2.24, 2.45) is 16.3 Å². The van der Waals surface area contributed by atoms with Gasteiger partial charge in [0, 0.05) is 38.8 Å². The summed E-state index contributed by atoms with van der Waals surface area (Å²) in [5.74, 6) is 2.07. The molecule has 5 heteroatoms. The van der Waals surface area contributed by atoms with Crippen molar-refractivity contribution in [2.45, 2.75) is 45.1 Å². The van der Waals surface area contributed by atoms with Gasteiger partial charge < -0.3 is 15.5 Å². The first-order valence-corrected chi connectivity index (χ1v) is 9.54. The Balaban J connectivity index is 1.27. The highest BCUT2D eigenvalue weighted by Gasteiger charge is 2.53. The van der Waals surface area contributed by atoms with Crippen LogP contribution in [0.15, 0.2) is 29.3 Å². The molecule has 2 saturated carbocycles. The molecule has 4 rings (SSSR count). The molecule has 0 unspecified atom stereocenters. The molecule has 0 spiro atoms. The second kappa shape index (κ2) is 6.70. The smallest absolute Gasteiger partial charge is 0.227 e. The quantitative estimate of drug-likeness (QED) is 0.618. The number of hydrogen-bond acceptors (Lipinski definition) is 2. The van der Waals surface area contributed by atoms with Gasteiger partial charge in [-0.25, -0.2) is 0 Å². The average Bonchev–Trinajstić information content (AvgIpc) is 3.54. The predicted molar refractivity (Wildman–Crippen MR) is 101 cm³/mol. The predicted octanol–water partition coefficient (Wildman–Crippen LogP) is 2.67. The first-order chi connectivity index (χ1) is 12.2. The molecule has 0 bridgehead atoms. The molecule has 1 saturated heterocycles. The minimum absolute atomic E-state index is 0.236. The Bertz CT molecular complexity index is 659. The van der Waals surface area contributed by atoms with Gasteiger partial charge in [0.05, 0.1) is 0 Å². The van der Waals surface area contributed by atoms with E-state index >= 15 is 0 Å². The standard InChI is InChI=1S/C20H28N4O/c1-21-19(23-14-20(10-11-20)16-6-7-16)22-13-15-4-8-17(9-5-15)24-12-2-3-18(24)25/h4-5,8-9,16H,2-3,6-7,10-14H2,1H3,(H2,21,22,23). The minimum atomic E-state index is 0.236. The third kappa shape index (κ3) is 3.65. The van der Waals surface area contributed by atoms with Crippen molar-refractivity contribution in [1.29, 1.82) is 0 Å². The SMILES string of the molecule is CN=C(NCc1ccc(N2CCCC2=O)cc1)NCC1(C2CC2)CC1. The molecule has 1 aliphatic heterocycles. The van der Waals surface area contributed by atoms with Gasteiger partial charge in [0.1, 0.15) is 0 Å². The van der Waals surface area contributed by atoms with Crippen molar-refractivity contribution in [3.05, 3.63) is 29.8 Å². The van der Waals surface area contributed by atoms with E-state index in [1.165, 1.54) is 31.2 Å². The molecule has 3 aliphatic rings. The number of nitrogens with zero attached hydrogens (tertiary/aromatic N) is 2. The van der Waals surface area contributed by atoms with E-state index in [9.17, 15) is 4.79 Å². The molecule has 25 heavy (non-hydrogen) atoms. The van der Waals surface area contributed by atoms with Crippen molar-refractivity contribution in [2.75, 3.05) is 25.0 Å². The first-order valence-electron chi connectivity index (χ1n) is 9.54. The maximum Gasteiger partial charge on any atom is 0.227 e. The van der Waals surface area contributed by atoms with E-state index in [2.05, 4.69) is 27.8 Å². The summed E-state index contributed by atoms with van der Waals surface area (Å²) in [6.07, 6.45) is 7.22. The lowest BCUT2D eigenvalue weighted by Gasteiger charge is -2.18. The summed E-state index contributed by atoms with van der Waals surface area (Å²) >= 11 is 0. The molecule has 1 aromatic rings. The lowest BCUT2D eigenvalue weighted by molar-refractivity contribution is -0.117. The van der Waals surface area contributed by atoms with E-state index < -0.39 is 0 Å². The van der Waals surface area contributed by atoms with Crippen LogP contribution in [0, 0.1) is 11.3 Å². The van der Waals surface area contributed by atoms with Gasteiger partial charge in [0.15, 0.2) is 5.96 Å². The normalized spacial score (nSPS) is 22.2. The van der Waals surface area contributed by atoms with Crippen molar-refractivity contribution in [3.8, 4) is 0 Å². The van der Waals surface area contributed by atoms with Crippen LogP contribution in [0.25, 0.3) is 0 Å². The highest BCUT2D eigenvalue weighted by molar-refractivity contribution is 5.95. The fraction of sp³-hybridized carbons (Fsp3) is 0.600. The number of amides is 1. The summed E-state index contributed by atoms with van der Waals surface area (Å²) in [4.78, 5) is 18.0. The molecule has 134 valence electrons. The van der Waals surface area contributed by atoms with Gasteiger partial charge in [-0.05, 0) is 61.1 Å². The zero-order valence-electron chi connectivity index (χ0n) is 15.1. The summed E-state index contributed by atoms with van der Waals surface area (Å²) in [5.41, 5.74) is 2.78. The Morgan fingerprint density at radius 1 is 1.24 bits per heavy atom. The Morgan fingerprint density at radius 3 is 2.56 bits per heavy atom. The van der Waals surface area contributed by atoms with Crippen LogP contribution in [0.5, 0.6) is 0 Å². The van der Waals surface area contributed by atoms with Gasteiger partial charge in [-0.3, -0.25) is 9.79 Å². The van der Waals surface area contributed by atoms with E-state index in [-0.39, 0.29) is 5.91 Å². The van der Waals surface area contributed by atoms with E-state index in [4.69, 9.17) is 0 Å². The van der Waals surface area contributed by atoms with Gasteiger partial charge in [-0.1, -0.05) is 12.1 Å². The van der Waals surface area contributed by atoms with Crippen LogP contribution >= 0.6 is 0 Å². The molecule has 1 heterocycles. The summed E-state index contributed by atoms with van der Waals surface area (Å²) in [6, 6.07) is 8.27. The average molecular weight is 340 g/mol. The second-order valence-corrected chi connectivity index (χ2v) is 7.73. The summed E-state index contributed by atoms with van der Waals surface area (Å²) in [6.45, 7) is 2.63. The van der Waals surface area contributed by atoms with Gasteiger partial charge in [-0.15, -0.1) is 0 Å². The highest BCUT2D eigenvalue weighted by atomic mass is 16.2. The number of aliphatic imine (C=N–C) groups is 1. The number of hydrogen-bond donors (Lipinski definition) is 2. The van der Waals surface area contributed by atoms with E-state index in [1.54, 1.807) is 0 Å². The van der Waals surface area contributed by atoms with Crippen LogP contribution in [0.4, 0.5) is 5.69 Å². The fourth-order valence-electron chi connectivity index (χ4n) is 3.97. The summed E-state index contributed by atoms with van der Waals surface area (Å²) in [7, 11) is 1.83. The number of rotatable bonds is 6. The van der Waals surface area contributed by atoms with Crippen molar-refractivity contribution < 1.29 is 4.79 Å². The first kappa shape index (κ1) is 16.4. The number of guanidine groups is 1. The van der Waals surface area contributed by atoms with E-state index in [0.717, 1.165) is 43.6 Å². The molecule has 1 aromatic carbocycles. The number of carbonyl (C=O) groups excluding carboxylic acids is 1. The Kier molecular flexibility index (Phi) is 4.40. The Labute approximate surface area is 149 Å². The van der Waals surface area contributed by atoms with Crippen molar-refractivity contribution >= 4 is 17.6 Å². The zero-order valence-corrected chi connectivity index (χ0v) is 15.1. The molecule has 3 fully saturated rings. The molecule has 2 aliphatic carbocycles. The van der Waals surface area contributed by atoms with Crippen LogP contribution < -0.4 is 15.5 Å². The van der Waals surface area contributed by atoms with E-state index in [1.807, 2.05) is 24.1 Å². The van der Waals surface area contributed by atoms with Crippen molar-refractivity contribution in [3.63, 3.8) is 0 Å². The van der Waals surface area contributed by atoms with Crippen LogP contribution in [0.3, 0.4) is 0 Å². The third-order valence-corrected chi connectivity index (χ3v) is 5.95. The molecule has 0 atom stereocenters. The fourth-order valence-corrected chi connectivity index (χ4v) is 3.97. The summed E-state index contributed by atoms with van der Waals surface area (Å²) in [5, 5.41) is 6.91. The maximum absolute atomic E-state index is 11.8. The highest BCUT2D eigenvalue weighted by Crippen LogP contribution is 2.60. The van der Waals surface area contributed by atoms with Gasteiger partial charge in [0.25, 0.3) is 0 Å². The van der Waals surface area contributed by atoms with Gasteiger partial charge >= 0.3 is 0 Å². The Morgan fingerprint density at radius 2 is 2.00 bits per heavy atom. The molecule has 1 amide bonds. The lowest BCUT2D eigenvalue weighted by Crippen LogP contribution is -2.40. The number of benzene rings is 1. The minimum Gasteiger partial charge on any atom is -0.356 e. The van der Waals surface area contributed by atoms with E-state index in [0.29, 0.717) is 11.8 Å². The van der Waals surface area contributed by atoms with Crippen LogP contribution in [0.2, 0.25) is 0 Å². The van der Waals surface area contributed by atoms with Crippen LogP contribution in [0.1, 0.15) is 44.1 Å². The summed E-state index contributed by atoms with van der Waals surface area (Å²) < 4.78 is 0. The molecular weight excluding hydrogens is 312 g/mol. The van der Waals surface area contributed by atoms with Crippen molar-refractivity contribution in [1.82, 2.24) is 10.6 Å². The van der Waals surface area contributed by atoms with Crippen LogP contribution in [-0.4, -0.2) is 32.0 Å². The number of carbonyl (C=O) groups is 1. The Hall–Kier alpha value is -2.04. The zero-order chi connectivity index (χ0) is 17.3. The maximum atomic E-state index is 11.8. The monoisotopic (exact) mass is 340 g/mol. The molecule has 5 nitrogen and oxygen atoms in total. The lowest BCUT2D eigenvalue weighted by atomic mass is 10.0. The second-order valence-electron chi connectivity index (χ2n) is 7.73. The van der Waals surface area contributed by atoms with Gasteiger partial charge in [-0.2, -0.15) is 0 Å². The van der Waals surface area contributed by atoms with Gasteiger partial charge in [0.2, 0.25) is 5.91 Å². The topological polar surface area (TPSA) is 56.7 Å². The number of nitrogens with one attached hydrogen (secondary N) is 2. The molecule has 0 aromatic heterocycles. The molecule has 0 radical (unpaired) electrons. The third-order valence-electron chi connectivity index (χ3n) is 5.95. The molecular formula is C20H28N4O.